The van der Waals surface area contributed by atoms with Crippen molar-refractivity contribution in [2.75, 3.05) is 6.54 Å². The number of carbonyl (C=O) groups is 2. The topological polar surface area (TPSA) is 120 Å². The number of furan rings is 1. The van der Waals surface area contributed by atoms with Crippen molar-refractivity contribution in [3.8, 4) is 11.5 Å². The van der Waals surface area contributed by atoms with Crippen LogP contribution in [0.5, 0.6) is 0 Å². The maximum Gasteiger partial charge on any atom is 0.261 e. The van der Waals surface area contributed by atoms with Crippen LogP contribution in [0.1, 0.15) is 32.2 Å². The molecular formula is C19H14N6O4. The van der Waals surface area contributed by atoms with Crippen molar-refractivity contribution in [3.05, 3.63) is 71.4 Å². The van der Waals surface area contributed by atoms with Crippen molar-refractivity contribution in [1.29, 1.82) is 0 Å². The Labute approximate surface area is 163 Å². The standard InChI is InChI=1S/C19H14N6O4/c26-18-13-4-1-2-5-14(13)19(27)24(18)8-7-17-20-23-25(21-17)11-12-10-16(29-22-12)15-6-3-9-28-15/h1-6,9-10H,7-8,11H2. The number of imide groups is 1. The fraction of sp³-hybridized carbons (Fsp3) is 0.158. The van der Waals surface area contributed by atoms with Gasteiger partial charge in [-0.25, -0.2) is 0 Å². The molecular weight excluding hydrogens is 376 g/mol. The molecule has 3 aromatic heterocycles. The summed E-state index contributed by atoms with van der Waals surface area (Å²) in [5.74, 6) is 0.918. The van der Waals surface area contributed by atoms with Crippen LogP contribution in [-0.4, -0.2) is 48.6 Å². The number of tetrazole rings is 1. The van der Waals surface area contributed by atoms with Crippen LogP contribution in [-0.2, 0) is 13.0 Å². The summed E-state index contributed by atoms with van der Waals surface area (Å²) < 4.78 is 10.5. The summed E-state index contributed by atoms with van der Waals surface area (Å²) in [6.45, 7) is 0.453. The normalized spacial score (nSPS) is 13.3. The second kappa shape index (κ2) is 6.82. The predicted molar refractivity (Wildman–Crippen MR) is 96.6 cm³/mol. The highest BCUT2D eigenvalue weighted by molar-refractivity contribution is 6.21. The summed E-state index contributed by atoms with van der Waals surface area (Å²) in [7, 11) is 0. The van der Waals surface area contributed by atoms with Gasteiger partial charge in [-0.05, 0) is 29.5 Å². The van der Waals surface area contributed by atoms with Gasteiger partial charge >= 0.3 is 0 Å². The average Bonchev–Trinajstić information content (AvgIpc) is 3.52. The van der Waals surface area contributed by atoms with Crippen LogP contribution >= 0.6 is 0 Å². The smallest absolute Gasteiger partial charge is 0.261 e. The second-order valence-corrected chi connectivity index (χ2v) is 6.45. The molecule has 1 aliphatic heterocycles. The molecule has 10 nitrogen and oxygen atoms in total. The molecule has 0 radical (unpaired) electrons. The minimum atomic E-state index is -0.300. The van der Waals surface area contributed by atoms with E-state index in [-0.39, 0.29) is 24.9 Å². The Morgan fingerprint density at radius 1 is 0.966 bits per heavy atom. The Bertz CT molecular complexity index is 1160. The van der Waals surface area contributed by atoms with Crippen molar-refractivity contribution in [1.82, 2.24) is 30.3 Å². The Kier molecular flexibility index (Phi) is 4.01. The van der Waals surface area contributed by atoms with Crippen molar-refractivity contribution in [2.24, 2.45) is 0 Å². The quantitative estimate of drug-likeness (QED) is 0.457. The molecule has 0 N–H and O–H groups in total. The Hall–Kier alpha value is -4.08. The molecule has 0 spiro atoms. The lowest BCUT2D eigenvalue weighted by Gasteiger charge is -2.11. The maximum atomic E-state index is 12.4. The molecule has 1 aromatic carbocycles. The highest BCUT2D eigenvalue weighted by Crippen LogP contribution is 2.22. The highest BCUT2D eigenvalue weighted by Gasteiger charge is 2.34. The molecule has 29 heavy (non-hydrogen) atoms. The van der Waals surface area contributed by atoms with E-state index in [1.807, 2.05) is 0 Å². The van der Waals surface area contributed by atoms with E-state index in [0.29, 0.717) is 40.6 Å². The van der Waals surface area contributed by atoms with Crippen LogP contribution in [0.3, 0.4) is 0 Å². The van der Waals surface area contributed by atoms with Gasteiger partial charge in [0.25, 0.3) is 11.8 Å². The zero-order chi connectivity index (χ0) is 19.8. The fourth-order valence-corrected chi connectivity index (χ4v) is 3.16. The fourth-order valence-electron chi connectivity index (χ4n) is 3.16. The van der Waals surface area contributed by atoms with Crippen LogP contribution in [0.2, 0.25) is 0 Å². The minimum Gasteiger partial charge on any atom is -0.461 e. The molecule has 2 amide bonds. The number of rotatable bonds is 6. The van der Waals surface area contributed by atoms with Gasteiger partial charge < -0.3 is 8.94 Å². The predicted octanol–water partition coefficient (Wildman–Crippen LogP) is 1.81. The van der Waals surface area contributed by atoms with E-state index in [0.717, 1.165) is 0 Å². The molecule has 144 valence electrons. The molecule has 4 heterocycles. The monoisotopic (exact) mass is 390 g/mol. The van der Waals surface area contributed by atoms with Gasteiger partial charge in [0.2, 0.25) is 5.76 Å². The average molecular weight is 390 g/mol. The van der Waals surface area contributed by atoms with Crippen LogP contribution in [0, 0.1) is 0 Å². The highest BCUT2D eigenvalue weighted by atomic mass is 16.5. The Morgan fingerprint density at radius 2 is 1.76 bits per heavy atom. The number of amides is 2. The number of hydrogen-bond donors (Lipinski definition) is 0. The third-order valence-electron chi connectivity index (χ3n) is 4.56. The molecule has 0 bridgehead atoms. The summed E-state index contributed by atoms with van der Waals surface area (Å²) in [5.41, 5.74) is 1.46. The van der Waals surface area contributed by atoms with Gasteiger partial charge in [0.1, 0.15) is 12.2 Å². The summed E-state index contributed by atoms with van der Waals surface area (Å²) in [5, 5.41) is 16.2. The summed E-state index contributed by atoms with van der Waals surface area (Å²) in [6.07, 6.45) is 1.86. The van der Waals surface area contributed by atoms with Crippen LogP contribution < -0.4 is 0 Å². The molecule has 0 unspecified atom stereocenters. The summed E-state index contributed by atoms with van der Waals surface area (Å²) >= 11 is 0. The largest absolute Gasteiger partial charge is 0.461 e. The summed E-state index contributed by atoms with van der Waals surface area (Å²) in [6, 6.07) is 12.1. The Balaban J connectivity index is 1.23. The molecule has 4 aromatic rings. The lowest BCUT2D eigenvalue weighted by atomic mass is 10.1. The molecule has 0 saturated carbocycles. The minimum absolute atomic E-state index is 0.185. The van der Waals surface area contributed by atoms with Gasteiger partial charge in [-0.15, -0.1) is 10.2 Å². The third kappa shape index (κ3) is 3.10. The second-order valence-electron chi connectivity index (χ2n) is 6.45. The van der Waals surface area contributed by atoms with Gasteiger partial charge in [0.15, 0.2) is 11.6 Å². The van der Waals surface area contributed by atoms with E-state index in [1.54, 1.807) is 48.7 Å². The van der Waals surface area contributed by atoms with Crippen molar-refractivity contribution < 1.29 is 18.5 Å². The first kappa shape index (κ1) is 17.0. The van der Waals surface area contributed by atoms with Gasteiger partial charge in [-0.2, -0.15) is 4.80 Å². The number of carbonyl (C=O) groups excluding carboxylic acids is 2. The van der Waals surface area contributed by atoms with E-state index in [2.05, 4.69) is 20.6 Å². The van der Waals surface area contributed by atoms with Gasteiger partial charge in [-0.3, -0.25) is 14.5 Å². The molecule has 1 aliphatic rings. The molecule has 5 rings (SSSR count). The van der Waals surface area contributed by atoms with Crippen LogP contribution in [0.15, 0.2) is 57.7 Å². The van der Waals surface area contributed by atoms with Crippen molar-refractivity contribution in [2.45, 2.75) is 13.0 Å². The molecule has 0 atom stereocenters. The maximum absolute atomic E-state index is 12.4. The van der Waals surface area contributed by atoms with Crippen LogP contribution in [0.25, 0.3) is 11.5 Å². The summed E-state index contributed by atoms with van der Waals surface area (Å²) in [4.78, 5) is 27.4. The number of benzene rings is 1. The molecule has 0 aliphatic carbocycles. The number of fused-ring (bicyclic) bond motifs is 1. The lowest BCUT2D eigenvalue weighted by Crippen LogP contribution is -2.32. The number of nitrogens with zero attached hydrogens (tertiary/aromatic N) is 6. The molecule has 10 heteroatoms. The van der Waals surface area contributed by atoms with E-state index in [1.165, 1.54) is 9.70 Å². The first-order valence-corrected chi connectivity index (χ1v) is 8.90. The van der Waals surface area contributed by atoms with Crippen LogP contribution in [0.4, 0.5) is 0 Å². The zero-order valence-corrected chi connectivity index (χ0v) is 15.1. The van der Waals surface area contributed by atoms with Crippen molar-refractivity contribution >= 4 is 11.8 Å². The lowest BCUT2D eigenvalue weighted by molar-refractivity contribution is 0.0655. The van der Waals surface area contributed by atoms with E-state index >= 15 is 0 Å². The van der Waals surface area contributed by atoms with E-state index in [4.69, 9.17) is 8.94 Å². The first-order chi connectivity index (χ1) is 14.2. The SMILES string of the molecule is O=C1c2ccccc2C(=O)N1CCc1nnn(Cc2cc(-c3ccco3)on2)n1. The van der Waals surface area contributed by atoms with Gasteiger partial charge in [-0.1, -0.05) is 17.3 Å². The molecule has 0 saturated heterocycles. The first-order valence-electron chi connectivity index (χ1n) is 8.90. The van der Waals surface area contributed by atoms with Crippen molar-refractivity contribution in [3.63, 3.8) is 0 Å². The van der Waals surface area contributed by atoms with E-state index < -0.39 is 0 Å². The zero-order valence-electron chi connectivity index (χ0n) is 15.1. The third-order valence-corrected chi connectivity index (χ3v) is 4.56. The number of hydrogen-bond acceptors (Lipinski definition) is 8. The van der Waals surface area contributed by atoms with Gasteiger partial charge in [0.05, 0.1) is 17.4 Å². The Morgan fingerprint density at radius 3 is 2.48 bits per heavy atom. The molecule has 0 fully saturated rings. The van der Waals surface area contributed by atoms with Gasteiger partial charge in [0, 0.05) is 19.0 Å². The van der Waals surface area contributed by atoms with E-state index in [9.17, 15) is 9.59 Å². The number of aromatic nitrogens is 5.